The maximum Gasteiger partial charge on any atom is 0.0426 e. The molecule has 0 aliphatic heterocycles. The van der Waals surface area contributed by atoms with Crippen molar-refractivity contribution < 1.29 is 0 Å². The minimum absolute atomic E-state index is 0.415. The van der Waals surface area contributed by atoms with Crippen LogP contribution < -0.4 is 5.32 Å². The summed E-state index contributed by atoms with van der Waals surface area (Å²) in [5, 5.41) is 3.70. The molecular weight excluding hydrogens is 220 g/mol. The van der Waals surface area contributed by atoms with E-state index in [0.717, 1.165) is 18.2 Å². The molecule has 18 heavy (non-hydrogen) atoms. The number of aryl methyl sites for hydroxylation is 3. The van der Waals surface area contributed by atoms with Crippen molar-refractivity contribution in [1.82, 2.24) is 10.3 Å². The molecule has 1 saturated carbocycles. The van der Waals surface area contributed by atoms with E-state index in [-0.39, 0.29) is 0 Å². The van der Waals surface area contributed by atoms with E-state index in [2.05, 4.69) is 44.1 Å². The molecule has 1 aromatic heterocycles. The van der Waals surface area contributed by atoms with Crippen LogP contribution in [0.5, 0.6) is 0 Å². The Kier molecular flexibility index (Phi) is 4.39. The molecule has 1 fully saturated rings. The van der Waals surface area contributed by atoms with Gasteiger partial charge >= 0.3 is 0 Å². The van der Waals surface area contributed by atoms with Crippen molar-refractivity contribution in [3.8, 4) is 0 Å². The zero-order valence-electron chi connectivity index (χ0n) is 12.2. The molecular formula is C16H26N2. The van der Waals surface area contributed by atoms with E-state index in [9.17, 15) is 0 Å². The van der Waals surface area contributed by atoms with Gasteiger partial charge in [-0.05, 0) is 70.2 Å². The van der Waals surface area contributed by atoms with Gasteiger partial charge in [-0.2, -0.15) is 0 Å². The molecule has 0 aromatic carbocycles. The average Bonchev–Trinajstić information content (AvgIpc) is 2.77. The molecule has 1 aliphatic rings. The first-order valence-electron chi connectivity index (χ1n) is 7.26. The highest BCUT2D eigenvalue weighted by molar-refractivity contribution is 5.33. The van der Waals surface area contributed by atoms with Crippen LogP contribution in [-0.4, -0.2) is 11.5 Å². The van der Waals surface area contributed by atoms with Crippen LogP contribution >= 0.6 is 0 Å². The van der Waals surface area contributed by atoms with Crippen molar-refractivity contribution in [2.75, 3.05) is 6.54 Å². The molecule has 0 saturated heterocycles. The number of rotatable bonds is 4. The topological polar surface area (TPSA) is 24.9 Å². The zero-order valence-corrected chi connectivity index (χ0v) is 12.2. The Morgan fingerprint density at radius 2 is 1.94 bits per heavy atom. The minimum atomic E-state index is 0.415. The SMILES string of the molecule is Cc1cc(C)c(C(C)NCC2CCCC2)c(C)n1. The number of aromatic nitrogens is 1. The predicted molar refractivity (Wildman–Crippen MR) is 76.8 cm³/mol. The summed E-state index contributed by atoms with van der Waals surface area (Å²) in [5.41, 5.74) is 5.06. The Morgan fingerprint density at radius 3 is 2.56 bits per heavy atom. The second-order valence-electron chi connectivity index (χ2n) is 5.86. The summed E-state index contributed by atoms with van der Waals surface area (Å²) in [6, 6.07) is 2.61. The van der Waals surface area contributed by atoms with E-state index in [0.29, 0.717) is 6.04 Å². The molecule has 2 heteroatoms. The molecule has 1 aliphatic carbocycles. The van der Waals surface area contributed by atoms with Gasteiger partial charge in [-0.1, -0.05) is 12.8 Å². The third kappa shape index (κ3) is 3.11. The molecule has 1 aromatic rings. The van der Waals surface area contributed by atoms with Crippen LogP contribution in [0.3, 0.4) is 0 Å². The minimum Gasteiger partial charge on any atom is -0.310 e. The van der Waals surface area contributed by atoms with Gasteiger partial charge in [-0.15, -0.1) is 0 Å². The molecule has 2 nitrogen and oxygen atoms in total. The lowest BCUT2D eigenvalue weighted by atomic mass is 9.99. The Hall–Kier alpha value is -0.890. The highest BCUT2D eigenvalue weighted by Crippen LogP contribution is 2.26. The van der Waals surface area contributed by atoms with Crippen molar-refractivity contribution in [3.63, 3.8) is 0 Å². The summed E-state index contributed by atoms with van der Waals surface area (Å²) in [7, 11) is 0. The van der Waals surface area contributed by atoms with Gasteiger partial charge in [0.15, 0.2) is 0 Å². The van der Waals surface area contributed by atoms with Crippen LogP contribution in [0.1, 0.15) is 61.2 Å². The lowest BCUT2D eigenvalue weighted by Gasteiger charge is -2.21. The normalized spacial score (nSPS) is 18.2. The monoisotopic (exact) mass is 246 g/mol. The fourth-order valence-corrected chi connectivity index (χ4v) is 3.35. The molecule has 0 radical (unpaired) electrons. The Bertz CT molecular complexity index is 383. The first kappa shape index (κ1) is 13.5. The Morgan fingerprint density at radius 1 is 1.28 bits per heavy atom. The van der Waals surface area contributed by atoms with Crippen LogP contribution in [0, 0.1) is 26.7 Å². The number of nitrogens with zero attached hydrogens (tertiary/aromatic N) is 1. The molecule has 1 atom stereocenters. The summed E-state index contributed by atoms with van der Waals surface area (Å²) < 4.78 is 0. The molecule has 1 N–H and O–H groups in total. The maximum absolute atomic E-state index is 4.60. The zero-order chi connectivity index (χ0) is 13.1. The van der Waals surface area contributed by atoms with Crippen molar-refractivity contribution >= 4 is 0 Å². The van der Waals surface area contributed by atoms with Gasteiger partial charge in [-0.3, -0.25) is 4.98 Å². The van der Waals surface area contributed by atoms with Crippen LogP contribution in [0.4, 0.5) is 0 Å². The first-order valence-corrected chi connectivity index (χ1v) is 7.26. The van der Waals surface area contributed by atoms with E-state index < -0.39 is 0 Å². The van der Waals surface area contributed by atoms with E-state index in [1.165, 1.54) is 42.5 Å². The van der Waals surface area contributed by atoms with Gasteiger partial charge in [-0.25, -0.2) is 0 Å². The fourth-order valence-electron chi connectivity index (χ4n) is 3.35. The largest absolute Gasteiger partial charge is 0.310 e. The van der Waals surface area contributed by atoms with Crippen molar-refractivity contribution in [2.24, 2.45) is 5.92 Å². The summed E-state index contributed by atoms with van der Waals surface area (Å²) >= 11 is 0. The Labute approximate surface area is 111 Å². The average molecular weight is 246 g/mol. The molecule has 0 spiro atoms. The van der Waals surface area contributed by atoms with Gasteiger partial charge in [0, 0.05) is 17.4 Å². The molecule has 2 rings (SSSR count). The van der Waals surface area contributed by atoms with Crippen LogP contribution in [0.25, 0.3) is 0 Å². The third-order valence-electron chi connectivity index (χ3n) is 4.20. The summed E-state index contributed by atoms with van der Waals surface area (Å²) in [5.74, 6) is 0.895. The van der Waals surface area contributed by atoms with E-state index in [1.807, 2.05) is 0 Å². The van der Waals surface area contributed by atoms with Crippen LogP contribution in [0.15, 0.2) is 6.07 Å². The maximum atomic E-state index is 4.60. The van der Waals surface area contributed by atoms with Crippen LogP contribution in [-0.2, 0) is 0 Å². The third-order valence-corrected chi connectivity index (χ3v) is 4.20. The van der Waals surface area contributed by atoms with Gasteiger partial charge < -0.3 is 5.32 Å². The standard InChI is InChI=1S/C16H26N2/c1-11-9-12(2)18-14(4)16(11)13(3)17-10-15-7-5-6-8-15/h9,13,15,17H,5-8,10H2,1-4H3. The quantitative estimate of drug-likeness (QED) is 0.873. The molecule has 0 amide bonds. The van der Waals surface area contributed by atoms with Crippen molar-refractivity contribution in [3.05, 3.63) is 28.6 Å². The highest BCUT2D eigenvalue weighted by Gasteiger charge is 2.17. The van der Waals surface area contributed by atoms with Gasteiger partial charge in [0.2, 0.25) is 0 Å². The molecule has 1 heterocycles. The second-order valence-corrected chi connectivity index (χ2v) is 5.86. The smallest absolute Gasteiger partial charge is 0.0426 e. The predicted octanol–water partition coefficient (Wildman–Crippen LogP) is 3.85. The summed E-state index contributed by atoms with van der Waals surface area (Å²) in [4.78, 5) is 4.60. The highest BCUT2D eigenvalue weighted by atomic mass is 14.9. The van der Waals surface area contributed by atoms with Crippen molar-refractivity contribution in [2.45, 2.75) is 59.4 Å². The first-order chi connectivity index (χ1) is 8.58. The molecule has 100 valence electrons. The molecule has 0 bridgehead atoms. The summed E-state index contributed by atoms with van der Waals surface area (Å²) in [6.45, 7) is 9.82. The number of pyridine rings is 1. The van der Waals surface area contributed by atoms with Gasteiger partial charge in [0.05, 0.1) is 0 Å². The second kappa shape index (κ2) is 5.83. The molecule has 1 unspecified atom stereocenters. The van der Waals surface area contributed by atoms with Crippen molar-refractivity contribution in [1.29, 1.82) is 0 Å². The fraction of sp³-hybridized carbons (Fsp3) is 0.688. The number of hydrogen-bond acceptors (Lipinski definition) is 2. The Balaban J connectivity index is 2.01. The van der Waals surface area contributed by atoms with E-state index in [1.54, 1.807) is 0 Å². The van der Waals surface area contributed by atoms with Gasteiger partial charge in [0.1, 0.15) is 0 Å². The van der Waals surface area contributed by atoms with E-state index >= 15 is 0 Å². The van der Waals surface area contributed by atoms with Gasteiger partial charge in [0.25, 0.3) is 0 Å². The van der Waals surface area contributed by atoms with E-state index in [4.69, 9.17) is 0 Å². The van der Waals surface area contributed by atoms with Crippen LogP contribution in [0.2, 0.25) is 0 Å². The summed E-state index contributed by atoms with van der Waals surface area (Å²) in [6.07, 6.45) is 5.66. The lowest BCUT2D eigenvalue weighted by molar-refractivity contribution is 0.450. The number of hydrogen-bond donors (Lipinski definition) is 1. The lowest BCUT2D eigenvalue weighted by Crippen LogP contribution is -2.26. The number of nitrogens with one attached hydrogen (secondary N) is 1.